The second kappa shape index (κ2) is 7.25. The molecule has 0 unspecified atom stereocenters. The molecule has 2 saturated heterocycles. The maximum absolute atomic E-state index is 12.4. The molecule has 0 radical (unpaired) electrons. The molecule has 2 aliphatic rings. The van der Waals surface area contributed by atoms with E-state index in [9.17, 15) is 4.79 Å². The summed E-state index contributed by atoms with van der Waals surface area (Å²) in [4.78, 5) is 17.1. The zero-order valence-corrected chi connectivity index (χ0v) is 12.5. The fourth-order valence-corrected chi connectivity index (χ4v) is 3.51. The summed E-state index contributed by atoms with van der Waals surface area (Å²) >= 11 is 0. The maximum Gasteiger partial charge on any atom is 0.226 e. The van der Waals surface area contributed by atoms with Gasteiger partial charge in [-0.3, -0.25) is 4.79 Å². The third-order valence-corrected chi connectivity index (χ3v) is 4.75. The van der Waals surface area contributed by atoms with E-state index < -0.39 is 0 Å². The number of rotatable bonds is 4. The van der Waals surface area contributed by atoms with Gasteiger partial charge >= 0.3 is 0 Å². The van der Waals surface area contributed by atoms with Crippen LogP contribution in [0.15, 0.2) is 0 Å². The van der Waals surface area contributed by atoms with Gasteiger partial charge in [-0.2, -0.15) is 0 Å². The van der Waals surface area contributed by atoms with Crippen molar-refractivity contribution in [2.45, 2.75) is 45.6 Å². The van der Waals surface area contributed by atoms with Crippen LogP contribution in [0.25, 0.3) is 0 Å². The van der Waals surface area contributed by atoms with Gasteiger partial charge in [0, 0.05) is 25.7 Å². The summed E-state index contributed by atoms with van der Waals surface area (Å²) in [6, 6.07) is 0.684. The molecule has 1 atom stereocenters. The Kier molecular flexibility index (Phi) is 5.64. The van der Waals surface area contributed by atoms with Gasteiger partial charge in [0.1, 0.15) is 0 Å². The molecule has 2 heterocycles. The molecular weight excluding hydrogens is 238 g/mol. The number of amides is 1. The summed E-state index contributed by atoms with van der Waals surface area (Å²) in [6.07, 6.45) is 4.51. The van der Waals surface area contributed by atoms with Crippen molar-refractivity contribution in [2.24, 2.45) is 5.92 Å². The highest BCUT2D eigenvalue weighted by Gasteiger charge is 2.30. The standard InChI is InChI=1S/C15H29N3O/c1-3-17(4-2)14-7-10-18(11-8-14)15(19)13-6-5-9-16-12-13/h13-14,16H,3-12H2,1-2H3/t13-/m1/s1. The van der Waals surface area contributed by atoms with Crippen molar-refractivity contribution in [3.63, 3.8) is 0 Å². The zero-order valence-electron chi connectivity index (χ0n) is 12.5. The van der Waals surface area contributed by atoms with Gasteiger partial charge in [0.15, 0.2) is 0 Å². The SMILES string of the molecule is CCN(CC)C1CCN(C(=O)[C@@H]2CCCNC2)CC1. The van der Waals surface area contributed by atoms with Gasteiger partial charge in [-0.25, -0.2) is 0 Å². The Labute approximate surface area is 117 Å². The minimum Gasteiger partial charge on any atom is -0.342 e. The molecule has 0 spiro atoms. The lowest BCUT2D eigenvalue weighted by molar-refractivity contribution is -0.137. The van der Waals surface area contributed by atoms with E-state index in [0.717, 1.165) is 65.0 Å². The number of carbonyl (C=O) groups excluding carboxylic acids is 1. The van der Waals surface area contributed by atoms with Gasteiger partial charge < -0.3 is 15.1 Å². The van der Waals surface area contributed by atoms with Crippen molar-refractivity contribution < 1.29 is 4.79 Å². The van der Waals surface area contributed by atoms with Crippen molar-refractivity contribution in [1.29, 1.82) is 0 Å². The maximum atomic E-state index is 12.4. The molecule has 0 aromatic carbocycles. The molecule has 19 heavy (non-hydrogen) atoms. The van der Waals surface area contributed by atoms with E-state index in [1.54, 1.807) is 0 Å². The van der Waals surface area contributed by atoms with E-state index in [0.29, 0.717) is 11.9 Å². The number of nitrogens with one attached hydrogen (secondary N) is 1. The largest absolute Gasteiger partial charge is 0.342 e. The van der Waals surface area contributed by atoms with Crippen LogP contribution in [0.4, 0.5) is 0 Å². The Bertz CT molecular complexity index is 277. The van der Waals surface area contributed by atoms with E-state index in [4.69, 9.17) is 0 Å². The van der Waals surface area contributed by atoms with Gasteiger partial charge in [-0.1, -0.05) is 13.8 Å². The van der Waals surface area contributed by atoms with Crippen molar-refractivity contribution in [2.75, 3.05) is 39.3 Å². The molecule has 1 N–H and O–H groups in total. The number of carbonyl (C=O) groups is 1. The molecule has 0 saturated carbocycles. The lowest BCUT2D eigenvalue weighted by Gasteiger charge is -2.39. The van der Waals surface area contributed by atoms with Crippen molar-refractivity contribution in [3.05, 3.63) is 0 Å². The minimum atomic E-state index is 0.235. The average molecular weight is 267 g/mol. The number of piperidine rings is 2. The number of hydrogen-bond acceptors (Lipinski definition) is 3. The summed E-state index contributed by atoms with van der Waals surface area (Å²) in [5.41, 5.74) is 0. The third kappa shape index (κ3) is 3.69. The molecule has 2 aliphatic heterocycles. The molecule has 110 valence electrons. The van der Waals surface area contributed by atoms with Crippen molar-refractivity contribution in [1.82, 2.24) is 15.1 Å². The van der Waals surface area contributed by atoms with E-state index in [1.807, 2.05) is 0 Å². The van der Waals surface area contributed by atoms with Gasteiger partial charge in [0.25, 0.3) is 0 Å². The molecular formula is C15H29N3O. The molecule has 0 bridgehead atoms. The molecule has 2 fully saturated rings. The van der Waals surface area contributed by atoms with Crippen LogP contribution in [-0.2, 0) is 4.79 Å². The quantitative estimate of drug-likeness (QED) is 0.834. The minimum absolute atomic E-state index is 0.235. The van der Waals surface area contributed by atoms with Gasteiger partial charge in [0.2, 0.25) is 5.91 Å². The van der Waals surface area contributed by atoms with E-state index in [2.05, 4.69) is 29.0 Å². The zero-order chi connectivity index (χ0) is 13.7. The van der Waals surface area contributed by atoms with Gasteiger partial charge in [-0.05, 0) is 45.3 Å². The second-order valence-electron chi connectivity index (χ2n) is 5.82. The normalized spacial score (nSPS) is 25.8. The predicted octanol–water partition coefficient (Wildman–Crippen LogP) is 1.32. The Balaban J connectivity index is 1.80. The predicted molar refractivity (Wildman–Crippen MR) is 78.1 cm³/mol. The van der Waals surface area contributed by atoms with E-state index in [-0.39, 0.29) is 5.92 Å². The first-order chi connectivity index (χ1) is 9.26. The highest BCUT2D eigenvalue weighted by Crippen LogP contribution is 2.20. The monoisotopic (exact) mass is 267 g/mol. The smallest absolute Gasteiger partial charge is 0.226 e. The van der Waals surface area contributed by atoms with Crippen LogP contribution in [-0.4, -0.2) is 61.0 Å². The van der Waals surface area contributed by atoms with Crippen LogP contribution in [0.2, 0.25) is 0 Å². The van der Waals surface area contributed by atoms with Crippen LogP contribution < -0.4 is 5.32 Å². The van der Waals surface area contributed by atoms with E-state index >= 15 is 0 Å². The second-order valence-corrected chi connectivity index (χ2v) is 5.82. The average Bonchev–Trinajstić information content (AvgIpc) is 2.49. The number of nitrogens with zero attached hydrogens (tertiary/aromatic N) is 2. The highest BCUT2D eigenvalue weighted by molar-refractivity contribution is 5.79. The van der Waals surface area contributed by atoms with Crippen LogP contribution in [0, 0.1) is 5.92 Å². The summed E-state index contributed by atoms with van der Waals surface area (Å²) in [6.45, 7) is 10.6. The number of hydrogen-bond donors (Lipinski definition) is 1. The molecule has 2 rings (SSSR count). The topological polar surface area (TPSA) is 35.6 Å². The summed E-state index contributed by atoms with van der Waals surface area (Å²) < 4.78 is 0. The van der Waals surface area contributed by atoms with Crippen LogP contribution in [0.1, 0.15) is 39.5 Å². The molecule has 0 aromatic heterocycles. The van der Waals surface area contributed by atoms with Gasteiger partial charge in [0.05, 0.1) is 5.92 Å². The number of likely N-dealkylation sites (tertiary alicyclic amines) is 1. The Morgan fingerprint density at radius 3 is 2.42 bits per heavy atom. The summed E-state index contributed by atoms with van der Waals surface area (Å²) in [7, 11) is 0. The summed E-state index contributed by atoms with van der Waals surface area (Å²) in [5, 5.41) is 3.34. The first kappa shape index (κ1) is 14.8. The Morgan fingerprint density at radius 1 is 1.21 bits per heavy atom. The molecule has 1 amide bonds. The van der Waals surface area contributed by atoms with Crippen LogP contribution in [0.5, 0.6) is 0 Å². The summed E-state index contributed by atoms with van der Waals surface area (Å²) in [5.74, 6) is 0.629. The van der Waals surface area contributed by atoms with Crippen molar-refractivity contribution in [3.8, 4) is 0 Å². The highest BCUT2D eigenvalue weighted by atomic mass is 16.2. The van der Waals surface area contributed by atoms with Gasteiger partial charge in [-0.15, -0.1) is 0 Å². The van der Waals surface area contributed by atoms with Crippen molar-refractivity contribution >= 4 is 5.91 Å². The molecule has 4 nitrogen and oxygen atoms in total. The molecule has 0 aliphatic carbocycles. The fourth-order valence-electron chi connectivity index (χ4n) is 3.51. The first-order valence-corrected chi connectivity index (χ1v) is 7.99. The lowest BCUT2D eigenvalue weighted by Crippen LogP contribution is -2.50. The van der Waals surface area contributed by atoms with Crippen LogP contribution >= 0.6 is 0 Å². The van der Waals surface area contributed by atoms with E-state index in [1.165, 1.54) is 0 Å². The Hall–Kier alpha value is -0.610. The Morgan fingerprint density at radius 2 is 1.89 bits per heavy atom. The lowest BCUT2D eigenvalue weighted by atomic mass is 9.96. The first-order valence-electron chi connectivity index (χ1n) is 7.99. The fraction of sp³-hybridized carbons (Fsp3) is 0.933. The molecule has 4 heteroatoms. The van der Waals surface area contributed by atoms with Crippen LogP contribution in [0.3, 0.4) is 0 Å². The third-order valence-electron chi connectivity index (χ3n) is 4.75. The molecule has 0 aromatic rings.